The highest BCUT2D eigenvalue weighted by atomic mass is 19.2. The summed E-state index contributed by atoms with van der Waals surface area (Å²) < 4.78 is 26.4. The predicted molar refractivity (Wildman–Crippen MR) is 85.7 cm³/mol. The molecule has 0 spiro atoms. The molecule has 24 heavy (non-hydrogen) atoms. The maximum atomic E-state index is 13.4. The Labute approximate surface area is 139 Å². The van der Waals surface area contributed by atoms with Crippen LogP contribution in [-0.2, 0) is 4.79 Å². The van der Waals surface area contributed by atoms with E-state index in [4.69, 9.17) is 0 Å². The van der Waals surface area contributed by atoms with Crippen LogP contribution in [0.4, 0.5) is 19.3 Å². The number of nitrogens with zero attached hydrogens (tertiary/aromatic N) is 3. The second-order valence-electron chi connectivity index (χ2n) is 6.54. The van der Waals surface area contributed by atoms with E-state index in [-0.39, 0.29) is 18.5 Å². The van der Waals surface area contributed by atoms with E-state index in [1.165, 1.54) is 15.9 Å². The lowest BCUT2D eigenvalue weighted by Crippen LogP contribution is -2.45. The molecule has 0 unspecified atom stereocenters. The molecule has 1 atom stereocenters. The van der Waals surface area contributed by atoms with Gasteiger partial charge in [-0.2, -0.15) is 0 Å². The number of likely N-dealkylation sites (tertiary alicyclic amines) is 1. The maximum Gasteiger partial charge on any atom is 0.325 e. The molecule has 2 aliphatic rings. The monoisotopic (exact) mass is 337 g/mol. The van der Waals surface area contributed by atoms with E-state index in [0.29, 0.717) is 24.7 Å². The van der Waals surface area contributed by atoms with Gasteiger partial charge in [-0.1, -0.05) is 6.92 Å². The Bertz CT molecular complexity index is 653. The molecule has 3 amide bonds. The van der Waals surface area contributed by atoms with Crippen molar-refractivity contribution in [3.63, 3.8) is 0 Å². The van der Waals surface area contributed by atoms with Crippen LogP contribution >= 0.6 is 0 Å². The summed E-state index contributed by atoms with van der Waals surface area (Å²) in [5.74, 6) is -1.51. The van der Waals surface area contributed by atoms with Crippen LogP contribution in [-0.4, -0.2) is 54.5 Å². The molecule has 0 aliphatic carbocycles. The normalized spacial score (nSPS) is 21.5. The molecule has 3 rings (SSSR count). The molecule has 2 heterocycles. The molecular weight excluding hydrogens is 316 g/mol. The van der Waals surface area contributed by atoms with Gasteiger partial charge >= 0.3 is 6.03 Å². The summed E-state index contributed by atoms with van der Waals surface area (Å²) >= 11 is 0. The van der Waals surface area contributed by atoms with Gasteiger partial charge in [-0.05, 0) is 30.9 Å². The van der Waals surface area contributed by atoms with Crippen molar-refractivity contribution in [3.8, 4) is 0 Å². The average molecular weight is 337 g/mol. The molecule has 0 saturated carbocycles. The fourth-order valence-electron chi connectivity index (χ4n) is 3.30. The first-order chi connectivity index (χ1) is 11.5. The Morgan fingerprint density at radius 3 is 2.71 bits per heavy atom. The van der Waals surface area contributed by atoms with Crippen molar-refractivity contribution in [1.29, 1.82) is 0 Å². The van der Waals surface area contributed by atoms with Crippen molar-refractivity contribution in [2.45, 2.75) is 19.8 Å². The minimum Gasteiger partial charge on any atom is -0.341 e. The van der Waals surface area contributed by atoms with Crippen LogP contribution in [0.2, 0.25) is 0 Å². The third kappa shape index (κ3) is 3.34. The first-order valence-corrected chi connectivity index (χ1v) is 8.25. The van der Waals surface area contributed by atoms with Crippen molar-refractivity contribution >= 4 is 17.6 Å². The van der Waals surface area contributed by atoms with Crippen LogP contribution in [0.25, 0.3) is 0 Å². The molecule has 2 aliphatic heterocycles. The van der Waals surface area contributed by atoms with Crippen molar-refractivity contribution in [2.24, 2.45) is 5.92 Å². The fraction of sp³-hybridized carbons (Fsp3) is 0.529. The lowest BCUT2D eigenvalue weighted by molar-refractivity contribution is -0.133. The summed E-state index contributed by atoms with van der Waals surface area (Å²) in [6, 6.07) is 3.03. The molecule has 0 bridgehead atoms. The minimum absolute atomic E-state index is 0.0335. The zero-order valence-corrected chi connectivity index (χ0v) is 13.7. The van der Waals surface area contributed by atoms with Crippen LogP contribution in [0.3, 0.4) is 0 Å². The average Bonchev–Trinajstić information content (AvgIpc) is 2.91. The van der Waals surface area contributed by atoms with Gasteiger partial charge in [-0.3, -0.25) is 9.69 Å². The van der Waals surface area contributed by atoms with Crippen LogP contribution in [0.15, 0.2) is 18.2 Å². The number of hydrogen-bond donors (Lipinski definition) is 0. The highest BCUT2D eigenvalue weighted by molar-refractivity contribution is 5.96. The molecule has 5 nitrogen and oxygen atoms in total. The molecule has 2 saturated heterocycles. The number of urea groups is 1. The van der Waals surface area contributed by atoms with E-state index in [2.05, 4.69) is 6.92 Å². The quantitative estimate of drug-likeness (QED) is 0.850. The number of anilines is 1. The van der Waals surface area contributed by atoms with Gasteiger partial charge in [-0.25, -0.2) is 13.6 Å². The number of carbonyl (C=O) groups excluding carboxylic acids is 2. The highest BCUT2D eigenvalue weighted by Gasteiger charge is 2.33. The van der Waals surface area contributed by atoms with Crippen molar-refractivity contribution in [2.75, 3.05) is 37.6 Å². The zero-order chi connectivity index (χ0) is 17.3. The van der Waals surface area contributed by atoms with E-state index >= 15 is 0 Å². The summed E-state index contributed by atoms with van der Waals surface area (Å²) in [5.41, 5.74) is 0.306. The summed E-state index contributed by atoms with van der Waals surface area (Å²) in [6.45, 7) is 4.36. The SMILES string of the molecule is C[C@H]1CCCN(C(=O)CN2CCN(c3ccc(F)c(F)c3)C2=O)C1. The van der Waals surface area contributed by atoms with E-state index < -0.39 is 11.6 Å². The largest absolute Gasteiger partial charge is 0.341 e. The molecule has 130 valence electrons. The molecule has 7 heteroatoms. The Kier molecular flexibility index (Phi) is 4.69. The highest BCUT2D eigenvalue weighted by Crippen LogP contribution is 2.23. The number of halogens is 2. The molecule has 1 aromatic rings. The molecule has 1 aromatic carbocycles. The van der Waals surface area contributed by atoms with E-state index in [0.717, 1.165) is 38.1 Å². The number of piperidine rings is 1. The third-order valence-electron chi connectivity index (χ3n) is 4.65. The lowest BCUT2D eigenvalue weighted by atomic mass is 10.0. The van der Waals surface area contributed by atoms with Crippen LogP contribution < -0.4 is 4.90 Å². The smallest absolute Gasteiger partial charge is 0.325 e. The summed E-state index contributed by atoms with van der Waals surface area (Å²) in [6.07, 6.45) is 2.11. The van der Waals surface area contributed by atoms with E-state index in [9.17, 15) is 18.4 Å². The van der Waals surface area contributed by atoms with Crippen LogP contribution in [0, 0.1) is 17.6 Å². The van der Waals surface area contributed by atoms with Gasteiger partial charge in [0, 0.05) is 37.9 Å². The summed E-state index contributed by atoms with van der Waals surface area (Å²) in [5, 5.41) is 0. The first-order valence-electron chi connectivity index (χ1n) is 8.25. The minimum atomic E-state index is -0.989. The first kappa shape index (κ1) is 16.7. The van der Waals surface area contributed by atoms with Gasteiger partial charge in [0.05, 0.1) is 0 Å². The molecule has 0 aromatic heterocycles. The molecule has 0 N–H and O–H groups in total. The van der Waals surface area contributed by atoms with Gasteiger partial charge in [0.15, 0.2) is 11.6 Å². The van der Waals surface area contributed by atoms with Crippen molar-refractivity contribution in [3.05, 3.63) is 29.8 Å². The Balaban J connectivity index is 1.63. The number of carbonyl (C=O) groups is 2. The Hall–Kier alpha value is -2.18. The van der Waals surface area contributed by atoms with Gasteiger partial charge < -0.3 is 9.80 Å². The standard InChI is InChI=1S/C17H21F2N3O2/c1-12-3-2-6-20(10-12)16(23)11-21-7-8-22(17(21)24)13-4-5-14(18)15(19)9-13/h4-5,9,12H,2-3,6-8,10-11H2,1H3/t12-/m0/s1. The van der Waals surface area contributed by atoms with Gasteiger partial charge in [0.25, 0.3) is 0 Å². The maximum absolute atomic E-state index is 13.4. The van der Waals surface area contributed by atoms with Crippen LogP contribution in [0.5, 0.6) is 0 Å². The third-order valence-corrected chi connectivity index (χ3v) is 4.65. The molecule has 2 fully saturated rings. The van der Waals surface area contributed by atoms with E-state index in [1.807, 2.05) is 4.90 Å². The topological polar surface area (TPSA) is 43.9 Å². The number of amides is 3. The lowest BCUT2D eigenvalue weighted by Gasteiger charge is -2.32. The summed E-state index contributed by atoms with van der Waals surface area (Å²) in [4.78, 5) is 29.5. The predicted octanol–water partition coefficient (Wildman–Crippen LogP) is 2.47. The Morgan fingerprint density at radius 1 is 1.21 bits per heavy atom. The molecule has 0 radical (unpaired) electrons. The second-order valence-corrected chi connectivity index (χ2v) is 6.54. The van der Waals surface area contributed by atoms with Gasteiger partial charge in [0.2, 0.25) is 5.91 Å². The van der Waals surface area contributed by atoms with Crippen molar-refractivity contribution < 1.29 is 18.4 Å². The fourth-order valence-corrected chi connectivity index (χ4v) is 3.30. The zero-order valence-electron chi connectivity index (χ0n) is 13.7. The number of hydrogen-bond acceptors (Lipinski definition) is 2. The van der Waals surface area contributed by atoms with E-state index in [1.54, 1.807) is 0 Å². The molecular formula is C17H21F2N3O2. The number of rotatable bonds is 3. The summed E-state index contributed by atoms with van der Waals surface area (Å²) in [7, 11) is 0. The van der Waals surface area contributed by atoms with Crippen LogP contribution in [0.1, 0.15) is 19.8 Å². The second kappa shape index (κ2) is 6.75. The van der Waals surface area contributed by atoms with Gasteiger partial charge in [0.1, 0.15) is 6.54 Å². The Morgan fingerprint density at radius 2 is 2.00 bits per heavy atom. The van der Waals surface area contributed by atoms with Gasteiger partial charge in [-0.15, -0.1) is 0 Å². The van der Waals surface area contributed by atoms with Crippen molar-refractivity contribution in [1.82, 2.24) is 9.80 Å². The number of benzene rings is 1.